The summed E-state index contributed by atoms with van der Waals surface area (Å²) in [5.74, 6) is -2.80. The number of fused-ring (bicyclic) bond motifs is 1. The molecular weight excluding hydrogens is 730 g/mol. The van der Waals surface area contributed by atoms with Crippen LogP contribution in [0.5, 0.6) is 0 Å². The molecule has 3 amide bonds. The average Bonchev–Trinajstić information content (AvgIpc) is 3.81. The van der Waals surface area contributed by atoms with Crippen molar-refractivity contribution in [3.05, 3.63) is 53.1 Å². The number of esters is 2. The van der Waals surface area contributed by atoms with Crippen LogP contribution in [0.3, 0.4) is 0 Å². The van der Waals surface area contributed by atoms with Crippen molar-refractivity contribution >= 4 is 35.7 Å². The van der Waals surface area contributed by atoms with E-state index in [2.05, 4.69) is 19.2 Å². The standard InChI is InChI=1S/C44H65N3O10/c1-8-10-12-24-44(25-13-11-9-2)55-36-28-32(27-35(39(36)57-44)54-42(53)31-19-16-30(17-20-31)18-22-37(49)46(6)7)41(52)47-26-14-15-34(47)40(51)45-33(29-48)21-23-38(50)56-43(3,4)5/h16-20,22,28,33-36,39,48H,8-15,21,23-27,29H2,1-7H3,(H,45,51)/t33-,34+,35+,36+,39-/m0/s1. The molecule has 3 aliphatic rings. The number of likely N-dealkylation sites (tertiary alicyclic amines) is 1. The Kier molecular flexibility index (Phi) is 16.9. The number of unbranched alkanes of at least 4 members (excludes halogenated alkanes) is 4. The van der Waals surface area contributed by atoms with Gasteiger partial charge in [-0.25, -0.2) is 4.79 Å². The van der Waals surface area contributed by atoms with E-state index in [9.17, 15) is 29.1 Å². The molecule has 2 fully saturated rings. The number of benzene rings is 1. The van der Waals surface area contributed by atoms with E-state index in [1.165, 1.54) is 11.0 Å². The predicted octanol–water partition coefficient (Wildman–Crippen LogP) is 5.87. The third-order valence-corrected chi connectivity index (χ3v) is 10.5. The summed E-state index contributed by atoms with van der Waals surface area (Å²) in [5.41, 5.74) is 0.779. The number of carbonyl (C=O) groups excluding carboxylic acids is 5. The maximum atomic E-state index is 14.4. The van der Waals surface area contributed by atoms with E-state index < -0.39 is 59.6 Å². The van der Waals surface area contributed by atoms with Gasteiger partial charge in [-0.05, 0) is 82.7 Å². The summed E-state index contributed by atoms with van der Waals surface area (Å²) in [7, 11) is 3.34. The summed E-state index contributed by atoms with van der Waals surface area (Å²) in [5, 5.41) is 12.9. The van der Waals surface area contributed by atoms with Gasteiger partial charge in [-0.15, -0.1) is 0 Å². The molecular formula is C44H65N3O10. The van der Waals surface area contributed by atoms with Gasteiger partial charge in [0.15, 0.2) is 5.79 Å². The summed E-state index contributed by atoms with van der Waals surface area (Å²) in [6.45, 7) is 9.58. The zero-order valence-electron chi connectivity index (χ0n) is 35.1. The molecule has 0 unspecified atom stereocenters. The van der Waals surface area contributed by atoms with Crippen LogP contribution in [0, 0.1) is 0 Å². The molecule has 13 heteroatoms. The molecule has 5 atom stereocenters. The number of amides is 3. The van der Waals surface area contributed by atoms with Crippen molar-refractivity contribution < 1.29 is 48.0 Å². The first-order chi connectivity index (χ1) is 27.1. The van der Waals surface area contributed by atoms with Gasteiger partial charge >= 0.3 is 11.9 Å². The van der Waals surface area contributed by atoms with E-state index in [1.54, 1.807) is 76.2 Å². The highest BCUT2D eigenvalue weighted by Crippen LogP contribution is 2.43. The second-order valence-corrected chi connectivity index (χ2v) is 16.7. The maximum Gasteiger partial charge on any atom is 0.338 e. The summed E-state index contributed by atoms with van der Waals surface area (Å²) in [6, 6.07) is 5.26. The molecule has 4 rings (SSSR count). The second kappa shape index (κ2) is 21.1. The smallest absolute Gasteiger partial charge is 0.338 e. The minimum absolute atomic E-state index is 0.0189. The highest BCUT2D eigenvalue weighted by atomic mass is 16.8. The lowest BCUT2D eigenvalue weighted by Crippen LogP contribution is -2.51. The van der Waals surface area contributed by atoms with Crippen LogP contribution in [0.25, 0.3) is 6.08 Å². The van der Waals surface area contributed by atoms with Crippen molar-refractivity contribution in [3.63, 3.8) is 0 Å². The molecule has 57 heavy (non-hydrogen) atoms. The molecule has 2 saturated heterocycles. The SMILES string of the molecule is CCCCCC1(CCCCC)O[C@@H]2[C@@H](C=C(C(=O)N3CCC[C@@H]3C(=O)N[C@H](CO)CCC(=O)OC(C)(C)C)C[C@H]2OC(=O)c2ccc(C=CC(=O)N(C)C)cc2)O1. The van der Waals surface area contributed by atoms with E-state index >= 15 is 0 Å². The number of ether oxygens (including phenoxy) is 4. The van der Waals surface area contributed by atoms with Gasteiger partial charge in [0, 0.05) is 58.0 Å². The Hall–Kier alpha value is -4.07. The lowest BCUT2D eigenvalue weighted by Gasteiger charge is -2.33. The number of hydrogen-bond donors (Lipinski definition) is 2. The van der Waals surface area contributed by atoms with E-state index in [1.807, 2.05) is 0 Å². The van der Waals surface area contributed by atoms with Crippen LogP contribution >= 0.6 is 0 Å². The first-order valence-corrected chi connectivity index (χ1v) is 20.8. The van der Waals surface area contributed by atoms with Crippen molar-refractivity contribution in [1.29, 1.82) is 0 Å². The van der Waals surface area contributed by atoms with Crippen LogP contribution in [0.4, 0.5) is 0 Å². The van der Waals surface area contributed by atoms with Crippen LogP contribution in [0.1, 0.15) is 134 Å². The van der Waals surface area contributed by atoms with Crippen LogP contribution in [-0.4, -0.2) is 114 Å². The number of likely N-dealkylation sites (N-methyl/N-ethyl adjacent to an activating group) is 1. The Bertz CT molecular complexity index is 1590. The summed E-state index contributed by atoms with van der Waals surface area (Å²) >= 11 is 0. The number of rotatable bonds is 19. The maximum absolute atomic E-state index is 14.4. The fourth-order valence-electron chi connectivity index (χ4n) is 7.50. The Labute approximate surface area is 338 Å². The molecule has 2 heterocycles. The van der Waals surface area contributed by atoms with Crippen molar-refractivity contribution in [2.75, 3.05) is 27.2 Å². The second-order valence-electron chi connectivity index (χ2n) is 16.7. The van der Waals surface area contributed by atoms with Crippen LogP contribution in [-0.2, 0) is 38.1 Å². The van der Waals surface area contributed by atoms with E-state index in [0.717, 1.165) is 44.1 Å². The van der Waals surface area contributed by atoms with Gasteiger partial charge in [0.05, 0.1) is 18.2 Å². The fraction of sp³-hybridized carbons (Fsp3) is 0.659. The lowest BCUT2D eigenvalue weighted by molar-refractivity contribution is -0.190. The Morgan fingerprint density at radius 3 is 2.28 bits per heavy atom. The largest absolute Gasteiger partial charge is 0.460 e. The Morgan fingerprint density at radius 2 is 1.68 bits per heavy atom. The third kappa shape index (κ3) is 13.2. The third-order valence-electron chi connectivity index (χ3n) is 10.5. The normalized spacial score (nSPS) is 22.1. The van der Waals surface area contributed by atoms with Gasteiger partial charge in [0.25, 0.3) is 0 Å². The number of carbonyl (C=O) groups is 5. The minimum Gasteiger partial charge on any atom is -0.460 e. The van der Waals surface area contributed by atoms with Gasteiger partial charge in [-0.3, -0.25) is 19.2 Å². The first-order valence-electron chi connectivity index (χ1n) is 20.8. The molecule has 1 aromatic carbocycles. The quantitative estimate of drug-likeness (QED) is 0.0985. The number of nitrogens with zero attached hydrogens (tertiary/aromatic N) is 2. The molecule has 0 spiro atoms. The van der Waals surface area contributed by atoms with Crippen molar-refractivity contribution in [2.24, 2.45) is 0 Å². The van der Waals surface area contributed by atoms with Crippen LogP contribution < -0.4 is 5.32 Å². The molecule has 0 saturated carbocycles. The molecule has 0 aromatic heterocycles. The topological polar surface area (TPSA) is 161 Å². The molecule has 13 nitrogen and oxygen atoms in total. The van der Waals surface area contributed by atoms with Gasteiger partial charge in [-0.1, -0.05) is 51.7 Å². The number of aliphatic hydroxyl groups excluding tert-OH is 1. The lowest BCUT2D eigenvalue weighted by atomic mass is 9.91. The van der Waals surface area contributed by atoms with Gasteiger partial charge < -0.3 is 39.2 Å². The van der Waals surface area contributed by atoms with E-state index in [-0.39, 0.29) is 37.7 Å². The molecule has 316 valence electrons. The van der Waals surface area contributed by atoms with Gasteiger partial charge in [0.2, 0.25) is 17.7 Å². The molecule has 0 radical (unpaired) electrons. The van der Waals surface area contributed by atoms with Gasteiger partial charge in [-0.2, -0.15) is 0 Å². The number of nitrogens with one attached hydrogen (secondary N) is 1. The highest BCUT2D eigenvalue weighted by molar-refractivity contribution is 5.98. The number of aliphatic hydroxyl groups is 1. The molecule has 2 N–H and O–H groups in total. The molecule has 1 aromatic rings. The van der Waals surface area contributed by atoms with Gasteiger partial charge in [0.1, 0.15) is 30.0 Å². The van der Waals surface area contributed by atoms with E-state index in [0.29, 0.717) is 43.4 Å². The molecule has 1 aliphatic carbocycles. The zero-order chi connectivity index (χ0) is 41.8. The number of hydrogen-bond acceptors (Lipinski definition) is 10. The van der Waals surface area contributed by atoms with Crippen molar-refractivity contribution in [2.45, 2.75) is 160 Å². The zero-order valence-corrected chi connectivity index (χ0v) is 35.1. The summed E-state index contributed by atoms with van der Waals surface area (Å²) < 4.78 is 25.1. The molecule has 0 bridgehead atoms. The van der Waals surface area contributed by atoms with Crippen LogP contribution in [0.2, 0.25) is 0 Å². The Balaban J connectivity index is 1.54. The highest BCUT2D eigenvalue weighted by Gasteiger charge is 2.53. The predicted molar refractivity (Wildman–Crippen MR) is 216 cm³/mol. The minimum atomic E-state index is -0.883. The Morgan fingerprint density at radius 1 is 1.02 bits per heavy atom. The van der Waals surface area contributed by atoms with Crippen molar-refractivity contribution in [3.8, 4) is 0 Å². The summed E-state index contributed by atoms with van der Waals surface area (Å²) in [4.78, 5) is 69.0. The van der Waals surface area contributed by atoms with Crippen molar-refractivity contribution in [1.82, 2.24) is 15.1 Å². The first kappa shape index (κ1) is 45.6. The monoisotopic (exact) mass is 795 g/mol. The molecule has 2 aliphatic heterocycles. The average molecular weight is 796 g/mol. The summed E-state index contributed by atoms with van der Waals surface area (Å²) in [6.07, 6.45) is 11.4. The van der Waals surface area contributed by atoms with E-state index in [4.69, 9.17) is 18.9 Å². The fourth-order valence-corrected chi connectivity index (χ4v) is 7.50. The van der Waals surface area contributed by atoms with Crippen LogP contribution in [0.15, 0.2) is 42.0 Å².